The standard InChI is InChI=1S/C3H7ClO3S/c1-7-8(5,6)3-2-4/h2-3H2,1H3. The molecule has 0 saturated heterocycles. The largest absolute Gasteiger partial charge is 0.273 e. The second-order valence-electron chi connectivity index (χ2n) is 1.12. The Morgan fingerprint density at radius 1 is 1.62 bits per heavy atom. The van der Waals surface area contributed by atoms with Gasteiger partial charge in [-0.05, 0) is 0 Å². The maximum absolute atomic E-state index is 10.3. The first-order valence-corrected chi connectivity index (χ1v) is 4.08. The number of rotatable bonds is 3. The Labute approximate surface area is 53.7 Å². The average molecular weight is 159 g/mol. The van der Waals surface area contributed by atoms with E-state index in [2.05, 4.69) is 4.18 Å². The van der Waals surface area contributed by atoms with Crippen molar-refractivity contribution in [2.24, 2.45) is 0 Å². The van der Waals surface area contributed by atoms with Crippen molar-refractivity contribution in [2.45, 2.75) is 0 Å². The Balaban J connectivity index is 3.76. The molecule has 0 fully saturated rings. The molecule has 0 unspecified atom stereocenters. The van der Waals surface area contributed by atoms with Crippen LogP contribution in [-0.4, -0.2) is 27.2 Å². The second kappa shape index (κ2) is 3.27. The van der Waals surface area contributed by atoms with E-state index in [0.717, 1.165) is 7.11 Å². The highest BCUT2D eigenvalue weighted by Gasteiger charge is 2.04. The molecule has 0 aliphatic heterocycles. The minimum atomic E-state index is -3.30. The highest BCUT2D eigenvalue weighted by atomic mass is 35.5. The third-order valence-corrected chi connectivity index (χ3v) is 2.21. The molecule has 0 aliphatic carbocycles. The van der Waals surface area contributed by atoms with E-state index >= 15 is 0 Å². The second-order valence-corrected chi connectivity index (χ2v) is 3.35. The van der Waals surface area contributed by atoms with Gasteiger partial charge in [-0.2, -0.15) is 8.42 Å². The van der Waals surface area contributed by atoms with E-state index < -0.39 is 10.1 Å². The Hall–Kier alpha value is 0.200. The van der Waals surface area contributed by atoms with Gasteiger partial charge in [0.1, 0.15) is 0 Å². The summed E-state index contributed by atoms with van der Waals surface area (Å²) in [6.45, 7) is 0. The molecule has 0 saturated carbocycles. The minimum absolute atomic E-state index is 0.0795. The number of alkyl halides is 1. The summed E-state index contributed by atoms with van der Waals surface area (Å²) in [5, 5.41) is 0. The van der Waals surface area contributed by atoms with Crippen LogP contribution in [0.25, 0.3) is 0 Å². The van der Waals surface area contributed by atoms with Gasteiger partial charge in [-0.25, -0.2) is 0 Å². The van der Waals surface area contributed by atoms with E-state index in [1.165, 1.54) is 0 Å². The van der Waals surface area contributed by atoms with Crippen molar-refractivity contribution in [3.8, 4) is 0 Å². The monoisotopic (exact) mass is 158 g/mol. The highest BCUT2D eigenvalue weighted by Crippen LogP contribution is 1.89. The number of halogens is 1. The molecule has 0 N–H and O–H groups in total. The molecule has 0 spiro atoms. The number of hydrogen-bond acceptors (Lipinski definition) is 3. The molecular formula is C3H7ClO3S. The van der Waals surface area contributed by atoms with Gasteiger partial charge in [-0.15, -0.1) is 11.6 Å². The molecule has 0 aromatic heterocycles. The van der Waals surface area contributed by atoms with Crippen LogP contribution in [0.15, 0.2) is 0 Å². The Morgan fingerprint density at radius 3 is 2.25 bits per heavy atom. The summed E-state index contributed by atoms with van der Waals surface area (Å²) >= 11 is 5.11. The smallest absolute Gasteiger partial charge is 0.268 e. The van der Waals surface area contributed by atoms with Crippen LogP contribution in [-0.2, 0) is 14.3 Å². The van der Waals surface area contributed by atoms with Crippen molar-refractivity contribution < 1.29 is 12.6 Å². The van der Waals surface area contributed by atoms with Gasteiger partial charge in [0.2, 0.25) is 0 Å². The molecule has 0 aromatic rings. The van der Waals surface area contributed by atoms with Crippen molar-refractivity contribution in [1.82, 2.24) is 0 Å². The maximum Gasteiger partial charge on any atom is 0.268 e. The van der Waals surface area contributed by atoms with E-state index in [1.54, 1.807) is 0 Å². The molecule has 5 heteroatoms. The van der Waals surface area contributed by atoms with E-state index in [0.29, 0.717) is 0 Å². The molecule has 0 bridgehead atoms. The molecule has 50 valence electrons. The summed E-state index contributed by atoms with van der Waals surface area (Å²) in [6.07, 6.45) is 0. The predicted octanol–water partition coefficient (Wildman–Crippen LogP) is 0.201. The lowest BCUT2D eigenvalue weighted by Gasteiger charge is -1.93. The van der Waals surface area contributed by atoms with Crippen molar-refractivity contribution in [3.63, 3.8) is 0 Å². The molecule has 8 heavy (non-hydrogen) atoms. The quantitative estimate of drug-likeness (QED) is 0.436. The van der Waals surface area contributed by atoms with Crippen LogP contribution in [0, 0.1) is 0 Å². The first-order chi connectivity index (χ1) is 3.62. The molecule has 0 atom stereocenters. The van der Waals surface area contributed by atoms with Crippen LogP contribution in [0.1, 0.15) is 0 Å². The van der Waals surface area contributed by atoms with Crippen LogP contribution < -0.4 is 0 Å². The Morgan fingerprint density at radius 2 is 2.12 bits per heavy atom. The fourth-order valence-corrected chi connectivity index (χ4v) is 1.10. The molecule has 0 rings (SSSR count). The molecular weight excluding hydrogens is 152 g/mol. The van der Waals surface area contributed by atoms with Crippen LogP contribution in [0.3, 0.4) is 0 Å². The van der Waals surface area contributed by atoms with Crippen molar-refractivity contribution >= 4 is 21.7 Å². The molecule has 0 amide bonds. The zero-order valence-electron chi connectivity index (χ0n) is 4.43. The fourth-order valence-electron chi connectivity index (χ4n) is 0.178. The van der Waals surface area contributed by atoms with E-state index in [9.17, 15) is 8.42 Å². The van der Waals surface area contributed by atoms with E-state index in [1.807, 2.05) is 0 Å². The average Bonchev–Trinajstić information content (AvgIpc) is 1.67. The van der Waals surface area contributed by atoms with Gasteiger partial charge in [-0.3, -0.25) is 4.18 Å². The van der Waals surface area contributed by atoms with Gasteiger partial charge in [0.05, 0.1) is 12.9 Å². The third kappa shape index (κ3) is 3.23. The minimum Gasteiger partial charge on any atom is -0.273 e. The van der Waals surface area contributed by atoms with Crippen LogP contribution >= 0.6 is 11.6 Å². The van der Waals surface area contributed by atoms with Crippen LogP contribution in [0.5, 0.6) is 0 Å². The van der Waals surface area contributed by atoms with E-state index in [4.69, 9.17) is 11.6 Å². The summed E-state index contributed by atoms with van der Waals surface area (Å²) in [4.78, 5) is 0. The maximum atomic E-state index is 10.3. The first-order valence-electron chi connectivity index (χ1n) is 1.96. The summed E-state index contributed by atoms with van der Waals surface area (Å²) in [6, 6.07) is 0. The molecule has 3 nitrogen and oxygen atoms in total. The molecule has 0 heterocycles. The lowest BCUT2D eigenvalue weighted by molar-refractivity contribution is 0.399. The lowest BCUT2D eigenvalue weighted by Crippen LogP contribution is -2.08. The van der Waals surface area contributed by atoms with Gasteiger partial charge in [-0.1, -0.05) is 0 Å². The van der Waals surface area contributed by atoms with Crippen molar-refractivity contribution in [3.05, 3.63) is 0 Å². The van der Waals surface area contributed by atoms with Crippen LogP contribution in [0.4, 0.5) is 0 Å². The topological polar surface area (TPSA) is 43.4 Å². The van der Waals surface area contributed by atoms with Gasteiger partial charge < -0.3 is 0 Å². The SMILES string of the molecule is COS(=O)(=O)CCCl. The summed E-state index contributed by atoms with van der Waals surface area (Å²) in [7, 11) is -2.19. The number of hydrogen-bond donors (Lipinski definition) is 0. The molecule has 0 radical (unpaired) electrons. The zero-order chi connectivity index (χ0) is 6.62. The van der Waals surface area contributed by atoms with Crippen molar-refractivity contribution in [1.29, 1.82) is 0 Å². The molecule has 0 aromatic carbocycles. The normalized spacial score (nSPS) is 11.8. The zero-order valence-corrected chi connectivity index (χ0v) is 6.00. The lowest BCUT2D eigenvalue weighted by atomic mass is 11.0. The summed E-state index contributed by atoms with van der Waals surface area (Å²) < 4.78 is 24.7. The summed E-state index contributed by atoms with van der Waals surface area (Å²) in [5.74, 6) is -0.0404. The predicted molar refractivity (Wildman–Crippen MR) is 31.5 cm³/mol. The summed E-state index contributed by atoms with van der Waals surface area (Å²) in [5.41, 5.74) is 0. The Bertz CT molecular complexity index is 139. The van der Waals surface area contributed by atoms with E-state index in [-0.39, 0.29) is 11.6 Å². The third-order valence-electron chi connectivity index (χ3n) is 0.581. The van der Waals surface area contributed by atoms with Gasteiger partial charge in [0.15, 0.2) is 0 Å². The van der Waals surface area contributed by atoms with Gasteiger partial charge in [0.25, 0.3) is 10.1 Å². The van der Waals surface area contributed by atoms with Gasteiger partial charge in [0, 0.05) is 5.88 Å². The first kappa shape index (κ1) is 8.20. The fraction of sp³-hybridized carbons (Fsp3) is 1.00. The Kier molecular flexibility index (Phi) is 3.35. The van der Waals surface area contributed by atoms with Gasteiger partial charge >= 0.3 is 0 Å². The van der Waals surface area contributed by atoms with Crippen molar-refractivity contribution in [2.75, 3.05) is 18.7 Å². The van der Waals surface area contributed by atoms with Crippen LogP contribution in [0.2, 0.25) is 0 Å². The highest BCUT2D eigenvalue weighted by molar-refractivity contribution is 7.86. The molecule has 0 aliphatic rings.